The molecule has 4 aromatic rings. The molecule has 236 valence electrons. The molecular weight excluding hydrogens is 606 g/mol. The second-order valence-corrected chi connectivity index (χ2v) is 14.5. The molecule has 0 spiro atoms. The number of benzene rings is 4. The Morgan fingerprint density at radius 1 is 0.800 bits per heavy atom. The van der Waals surface area contributed by atoms with Crippen molar-refractivity contribution in [2.24, 2.45) is 0 Å². The van der Waals surface area contributed by atoms with Crippen LogP contribution >= 0.6 is 11.6 Å². The Morgan fingerprint density at radius 2 is 1.42 bits per heavy atom. The maximum atomic E-state index is 14.6. The number of carbonyl (C=O) groups is 2. The van der Waals surface area contributed by atoms with Gasteiger partial charge in [0.15, 0.2) is 0 Å². The quantitative estimate of drug-likeness (QED) is 0.197. The van der Waals surface area contributed by atoms with E-state index in [1.165, 1.54) is 17.0 Å². The number of aryl methyl sites for hydroxylation is 2. The highest BCUT2D eigenvalue weighted by Crippen LogP contribution is 2.31. The highest BCUT2D eigenvalue weighted by atomic mass is 35.5. The first kappa shape index (κ1) is 33.7. The number of hydrogen-bond donors (Lipinski definition) is 1. The molecule has 0 saturated carbocycles. The topological polar surface area (TPSA) is 86.8 Å². The molecule has 0 bridgehead atoms. The third-order valence-electron chi connectivity index (χ3n) is 7.21. The van der Waals surface area contributed by atoms with Crippen LogP contribution in [0.5, 0.6) is 0 Å². The summed E-state index contributed by atoms with van der Waals surface area (Å²) in [4.78, 5) is 30.0. The van der Waals surface area contributed by atoms with Crippen molar-refractivity contribution < 1.29 is 18.0 Å². The lowest BCUT2D eigenvalue weighted by molar-refractivity contribution is -0.140. The second-order valence-electron chi connectivity index (χ2n) is 12.2. The molecule has 0 radical (unpaired) electrons. The summed E-state index contributed by atoms with van der Waals surface area (Å²) in [7, 11) is -4.23. The van der Waals surface area contributed by atoms with Gasteiger partial charge in [-0.25, -0.2) is 8.42 Å². The van der Waals surface area contributed by atoms with E-state index in [4.69, 9.17) is 11.6 Å². The van der Waals surface area contributed by atoms with E-state index in [0.29, 0.717) is 0 Å². The number of para-hydroxylation sites is 1. The first-order valence-electron chi connectivity index (χ1n) is 14.8. The Bertz CT molecular complexity index is 1740. The molecule has 4 rings (SSSR count). The van der Waals surface area contributed by atoms with E-state index in [9.17, 15) is 18.0 Å². The van der Waals surface area contributed by atoms with Gasteiger partial charge in [-0.05, 0) is 70.0 Å². The first-order chi connectivity index (χ1) is 21.2. The summed E-state index contributed by atoms with van der Waals surface area (Å²) in [5.74, 6) is -0.879. The zero-order valence-corrected chi connectivity index (χ0v) is 27.9. The van der Waals surface area contributed by atoms with Gasteiger partial charge in [-0.1, -0.05) is 102 Å². The van der Waals surface area contributed by atoms with E-state index in [-0.39, 0.29) is 34.5 Å². The van der Waals surface area contributed by atoms with Gasteiger partial charge in [0.1, 0.15) is 12.6 Å². The van der Waals surface area contributed by atoms with Gasteiger partial charge in [-0.3, -0.25) is 13.9 Å². The maximum absolute atomic E-state index is 14.6. The smallest absolute Gasteiger partial charge is 0.264 e. The molecule has 4 aromatic carbocycles. The van der Waals surface area contributed by atoms with Crippen LogP contribution < -0.4 is 9.62 Å². The van der Waals surface area contributed by atoms with Gasteiger partial charge in [0.2, 0.25) is 11.8 Å². The predicted octanol–water partition coefficient (Wildman–Crippen LogP) is 6.71. The molecule has 45 heavy (non-hydrogen) atoms. The molecule has 0 unspecified atom stereocenters. The van der Waals surface area contributed by atoms with Gasteiger partial charge in [0.05, 0.1) is 15.6 Å². The number of nitrogens with zero attached hydrogens (tertiary/aromatic N) is 2. The van der Waals surface area contributed by atoms with Crippen LogP contribution in [0.15, 0.2) is 108 Å². The normalized spacial score (nSPS) is 12.3. The number of sulfonamides is 1. The van der Waals surface area contributed by atoms with E-state index in [1.54, 1.807) is 36.4 Å². The van der Waals surface area contributed by atoms with Crippen LogP contribution in [-0.4, -0.2) is 43.3 Å². The largest absolute Gasteiger partial charge is 0.350 e. The van der Waals surface area contributed by atoms with Crippen molar-refractivity contribution >= 4 is 39.1 Å². The molecule has 2 amide bonds. The molecule has 0 aliphatic heterocycles. The Labute approximate surface area is 271 Å². The summed E-state index contributed by atoms with van der Waals surface area (Å²) in [5.41, 5.74) is 3.18. The molecule has 0 fully saturated rings. The fourth-order valence-corrected chi connectivity index (χ4v) is 6.74. The molecule has 0 saturated heterocycles. The van der Waals surface area contributed by atoms with Crippen molar-refractivity contribution in [3.8, 4) is 0 Å². The zero-order chi connectivity index (χ0) is 32.8. The molecular formula is C36H40ClN3O4S. The average Bonchev–Trinajstić information content (AvgIpc) is 2.98. The summed E-state index contributed by atoms with van der Waals surface area (Å²) in [6, 6.07) is 29.2. The molecule has 1 atom stereocenters. The molecule has 0 aliphatic rings. The van der Waals surface area contributed by atoms with Crippen LogP contribution in [0.4, 0.5) is 5.69 Å². The van der Waals surface area contributed by atoms with E-state index in [2.05, 4.69) is 5.32 Å². The van der Waals surface area contributed by atoms with Gasteiger partial charge in [0.25, 0.3) is 10.0 Å². The minimum atomic E-state index is -4.23. The van der Waals surface area contributed by atoms with Crippen molar-refractivity contribution in [2.75, 3.05) is 10.8 Å². The Kier molecular flexibility index (Phi) is 10.7. The lowest BCUT2D eigenvalue weighted by Crippen LogP contribution is -2.56. The molecule has 9 heteroatoms. The lowest BCUT2D eigenvalue weighted by Gasteiger charge is -2.35. The number of carbonyl (C=O) groups excluding carboxylic acids is 2. The van der Waals surface area contributed by atoms with Gasteiger partial charge < -0.3 is 10.2 Å². The summed E-state index contributed by atoms with van der Waals surface area (Å²) in [5, 5.41) is 3.22. The summed E-state index contributed by atoms with van der Waals surface area (Å²) >= 11 is 6.55. The maximum Gasteiger partial charge on any atom is 0.264 e. The number of hydrogen-bond acceptors (Lipinski definition) is 4. The molecule has 0 aromatic heterocycles. The lowest BCUT2D eigenvalue weighted by atomic mass is 10.0. The van der Waals surface area contributed by atoms with E-state index < -0.39 is 34.1 Å². The number of anilines is 1. The first-order valence-corrected chi connectivity index (χ1v) is 16.6. The number of halogens is 1. The number of rotatable bonds is 11. The minimum Gasteiger partial charge on any atom is -0.350 e. The monoisotopic (exact) mass is 645 g/mol. The van der Waals surface area contributed by atoms with Crippen LogP contribution in [0, 0.1) is 13.8 Å². The fraction of sp³-hybridized carbons (Fsp3) is 0.278. The average molecular weight is 646 g/mol. The molecule has 7 nitrogen and oxygen atoms in total. The van der Waals surface area contributed by atoms with Gasteiger partial charge in [-0.2, -0.15) is 0 Å². The van der Waals surface area contributed by atoms with Crippen LogP contribution in [0.1, 0.15) is 43.0 Å². The SMILES string of the molecule is Cc1ccc(S(=O)(=O)N(CC(=O)N(Cc2cccc(C)c2)[C@@H](Cc2ccccc2)C(=O)NC(C)(C)C)c2ccccc2Cl)cc1. The van der Waals surface area contributed by atoms with Crippen molar-refractivity contribution in [1.82, 2.24) is 10.2 Å². The third-order valence-corrected chi connectivity index (χ3v) is 9.31. The zero-order valence-electron chi connectivity index (χ0n) is 26.3. The van der Waals surface area contributed by atoms with Crippen LogP contribution in [-0.2, 0) is 32.6 Å². The Hall–Kier alpha value is -4.14. The van der Waals surface area contributed by atoms with Crippen molar-refractivity contribution in [3.63, 3.8) is 0 Å². The number of nitrogens with one attached hydrogen (secondary N) is 1. The summed E-state index contributed by atoms with van der Waals surface area (Å²) in [6.07, 6.45) is 0.233. The Morgan fingerprint density at radius 3 is 2.04 bits per heavy atom. The predicted molar refractivity (Wildman–Crippen MR) is 181 cm³/mol. The molecule has 0 heterocycles. The second kappa shape index (κ2) is 14.3. The van der Waals surface area contributed by atoms with E-state index in [0.717, 1.165) is 26.6 Å². The van der Waals surface area contributed by atoms with Crippen LogP contribution in [0.2, 0.25) is 5.02 Å². The summed E-state index contributed by atoms with van der Waals surface area (Å²) in [6.45, 7) is 8.98. The van der Waals surface area contributed by atoms with Crippen molar-refractivity contribution in [3.05, 3.63) is 130 Å². The van der Waals surface area contributed by atoms with Crippen molar-refractivity contribution in [2.45, 2.75) is 64.1 Å². The van der Waals surface area contributed by atoms with E-state index >= 15 is 0 Å². The standard InChI is InChI=1S/C36H40ClN3O4S/c1-26-18-20-30(21-19-26)45(43,44)40(32-17-10-9-16-31(32)37)25-34(41)39(24-29-15-11-12-27(2)22-29)33(35(42)38-36(3,4)5)23-28-13-7-6-8-14-28/h6-22,33H,23-25H2,1-5H3,(H,38,42)/t33-/m0/s1. The molecule has 1 N–H and O–H groups in total. The van der Waals surface area contributed by atoms with Crippen molar-refractivity contribution in [1.29, 1.82) is 0 Å². The van der Waals surface area contributed by atoms with Crippen LogP contribution in [0.3, 0.4) is 0 Å². The van der Waals surface area contributed by atoms with Gasteiger partial charge >= 0.3 is 0 Å². The van der Waals surface area contributed by atoms with E-state index in [1.807, 2.05) is 89.2 Å². The number of amides is 2. The summed E-state index contributed by atoms with van der Waals surface area (Å²) < 4.78 is 29.3. The van der Waals surface area contributed by atoms with Gasteiger partial charge in [0, 0.05) is 18.5 Å². The highest BCUT2D eigenvalue weighted by Gasteiger charge is 2.36. The fourth-order valence-electron chi connectivity index (χ4n) is 5.02. The molecule has 0 aliphatic carbocycles. The highest BCUT2D eigenvalue weighted by molar-refractivity contribution is 7.92. The Balaban J connectivity index is 1.83. The minimum absolute atomic E-state index is 0.0253. The van der Waals surface area contributed by atoms with Crippen LogP contribution in [0.25, 0.3) is 0 Å². The van der Waals surface area contributed by atoms with Gasteiger partial charge in [-0.15, -0.1) is 0 Å². The third kappa shape index (κ3) is 8.96.